The summed E-state index contributed by atoms with van der Waals surface area (Å²) in [7, 11) is 0. The third-order valence-corrected chi connectivity index (χ3v) is 2.88. The summed E-state index contributed by atoms with van der Waals surface area (Å²) < 4.78 is 5.30. The first-order valence-corrected chi connectivity index (χ1v) is 6.83. The average Bonchev–Trinajstić information content (AvgIpc) is 2.48. The Morgan fingerprint density at radius 3 is 2.71 bits per heavy atom. The van der Waals surface area contributed by atoms with Gasteiger partial charge in [-0.15, -0.1) is 0 Å². The number of rotatable bonds is 4. The summed E-state index contributed by atoms with van der Waals surface area (Å²) in [5, 5.41) is 5.69. The van der Waals surface area contributed by atoms with E-state index in [0.717, 1.165) is 0 Å². The van der Waals surface area contributed by atoms with Gasteiger partial charge in [-0.3, -0.25) is 10.1 Å². The summed E-state index contributed by atoms with van der Waals surface area (Å²) in [4.78, 5) is 15.6. The zero-order chi connectivity index (χ0) is 15.1. The van der Waals surface area contributed by atoms with Crippen LogP contribution in [-0.4, -0.2) is 22.6 Å². The predicted molar refractivity (Wildman–Crippen MR) is 85.5 cm³/mol. The molecule has 0 unspecified atom stereocenters. The summed E-state index contributed by atoms with van der Waals surface area (Å²) in [5.41, 5.74) is 0.522. The van der Waals surface area contributed by atoms with E-state index in [1.54, 1.807) is 30.5 Å². The van der Waals surface area contributed by atoms with Gasteiger partial charge in [-0.1, -0.05) is 29.8 Å². The number of amides is 1. The van der Waals surface area contributed by atoms with Gasteiger partial charge in [0.05, 0.1) is 5.69 Å². The van der Waals surface area contributed by atoms with Crippen molar-refractivity contribution >= 4 is 40.5 Å². The van der Waals surface area contributed by atoms with Gasteiger partial charge in [0.1, 0.15) is 5.75 Å². The van der Waals surface area contributed by atoms with Crippen LogP contribution in [0, 0.1) is 0 Å². The van der Waals surface area contributed by atoms with Crippen LogP contribution in [0.3, 0.4) is 0 Å². The fourth-order valence-electron chi connectivity index (χ4n) is 1.46. The first kappa shape index (κ1) is 15.2. The minimum Gasteiger partial charge on any atom is -0.484 e. The number of aromatic nitrogens is 1. The molecule has 0 bridgehead atoms. The highest BCUT2D eigenvalue weighted by Gasteiger charge is 2.07. The molecular weight excluding hydrogens is 310 g/mol. The SMILES string of the molecule is O=C(COc1ccccc1)NC(=S)Nc1cccnc1Cl. The molecule has 0 saturated heterocycles. The molecular formula is C14H12ClN3O2S. The molecule has 0 spiro atoms. The Kier molecular flexibility index (Phi) is 5.48. The van der Waals surface area contributed by atoms with E-state index in [4.69, 9.17) is 28.6 Å². The smallest absolute Gasteiger partial charge is 0.264 e. The van der Waals surface area contributed by atoms with Crippen LogP contribution in [0.4, 0.5) is 5.69 Å². The Hall–Kier alpha value is -2.18. The second-order valence-corrected chi connectivity index (χ2v) is 4.71. The normalized spacial score (nSPS) is 9.76. The van der Waals surface area contributed by atoms with E-state index < -0.39 is 0 Å². The number of carbonyl (C=O) groups excluding carboxylic acids is 1. The molecule has 1 heterocycles. The predicted octanol–water partition coefficient (Wildman–Crippen LogP) is 2.63. The zero-order valence-corrected chi connectivity index (χ0v) is 12.4. The summed E-state index contributed by atoms with van der Waals surface area (Å²) in [5.74, 6) is 0.248. The molecule has 2 N–H and O–H groups in total. The van der Waals surface area contributed by atoms with Gasteiger partial charge in [0.2, 0.25) is 0 Å². The van der Waals surface area contributed by atoms with Crippen molar-refractivity contribution in [1.82, 2.24) is 10.3 Å². The molecule has 0 aliphatic rings. The lowest BCUT2D eigenvalue weighted by molar-refractivity contribution is -0.121. The molecule has 0 aliphatic heterocycles. The van der Waals surface area contributed by atoms with Crippen molar-refractivity contribution in [3.8, 4) is 5.75 Å². The van der Waals surface area contributed by atoms with Gasteiger partial charge in [-0.05, 0) is 36.5 Å². The third kappa shape index (κ3) is 5.02. The van der Waals surface area contributed by atoms with Crippen molar-refractivity contribution < 1.29 is 9.53 Å². The fraction of sp³-hybridized carbons (Fsp3) is 0.0714. The highest BCUT2D eigenvalue weighted by molar-refractivity contribution is 7.80. The van der Waals surface area contributed by atoms with E-state index in [2.05, 4.69) is 15.6 Å². The number of para-hydroxylation sites is 1. The summed E-state index contributed by atoms with van der Waals surface area (Å²) in [6, 6.07) is 12.4. The molecule has 5 nitrogen and oxygen atoms in total. The lowest BCUT2D eigenvalue weighted by atomic mass is 10.3. The monoisotopic (exact) mass is 321 g/mol. The van der Waals surface area contributed by atoms with Crippen molar-refractivity contribution in [2.45, 2.75) is 0 Å². The first-order valence-electron chi connectivity index (χ1n) is 6.04. The molecule has 108 valence electrons. The number of hydrogen-bond donors (Lipinski definition) is 2. The minimum atomic E-state index is -0.364. The highest BCUT2D eigenvalue weighted by Crippen LogP contribution is 2.17. The Morgan fingerprint density at radius 1 is 1.24 bits per heavy atom. The molecule has 0 atom stereocenters. The fourth-order valence-corrected chi connectivity index (χ4v) is 1.85. The number of nitrogens with one attached hydrogen (secondary N) is 2. The van der Waals surface area contributed by atoms with Crippen LogP contribution in [-0.2, 0) is 4.79 Å². The molecule has 0 saturated carbocycles. The number of benzene rings is 1. The van der Waals surface area contributed by atoms with Gasteiger partial charge < -0.3 is 10.1 Å². The second-order valence-electron chi connectivity index (χ2n) is 3.95. The van der Waals surface area contributed by atoms with Crippen LogP contribution in [0.5, 0.6) is 5.75 Å². The van der Waals surface area contributed by atoms with Gasteiger partial charge in [0.15, 0.2) is 16.9 Å². The average molecular weight is 322 g/mol. The molecule has 2 aromatic rings. The zero-order valence-electron chi connectivity index (χ0n) is 10.9. The number of hydrogen-bond acceptors (Lipinski definition) is 4. The van der Waals surface area contributed by atoms with Gasteiger partial charge >= 0.3 is 0 Å². The van der Waals surface area contributed by atoms with E-state index in [1.165, 1.54) is 0 Å². The van der Waals surface area contributed by atoms with E-state index in [0.29, 0.717) is 11.4 Å². The van der Waals surface area contributed by atoms with Gasteiger partial charge in [-0.2, -0.15) is 0 Å². The van der Waals surface area contributed by atoms with E-state index >= 15 is 0 Å². The summed E-state index contributed by atoms with van der Waals surface area (Å²) in [6.45, 7) is -0.132. The number of anilines is 1. The maximum atomic E-state index is 11.7. The molecule has 0 aliphatic carbocycles. The van der Waals surface area contributed by atoms with E-state index in [9.17, 15) is 4.79 Å². The number of nitrogens with zero attached hydrogens (tertiary/aromatic N) is 1. The van der Waals surface area contributed by atoms with Gasteiger partial charge in [-0.25, -0.2) is 4.98 Å². The Morgan fingerprint density at radius 2 is 2.00 bits per heavy atom. The van der Waals surface area contributed by atoms with Crippen LogP contribution >= 0.6 is 23.8 Å². The largest absolute Gasteiger partial charge is 0.484 e. The number of ether oxygens (including phenoxy) is 1. The molecule has 1 aromatic heterocycles. The first-order chi connectivity index (χ1) is 10.1. The van der Waals surface area contributed by atoms with Crippen LogP contribution in [0.25, 0.3) is 0 Å². The number of carbonyl (C=O) groups is 1. The van der Waals surface area contributed by atoms with Crippen LogP contribution in [0.1, 0.15) is 0 Å². The Balaban J connectivity index is 1.80. The Labute approximate surface area is 132 Å². The number of pyridine rings is 1. The van der Waals surface area contributed by atoms with E-state index in [-0.39, 0.29) is 22.8 Å². The van der Waals surface area contributed by atoms with E-state index in [1.807, 2.05) is 18.2 Å². The van der Waals surface area contributed by atoms with Crippen molar-refractivity contribution in [3.63, 3.8) is 0 Å². The Bertz CT molecular complexity index is 637. The highest BCUT2D eigenvalue weighted by atomic mass is 35.5. The molecule has 1 amide bonds. The lowest BCUT2D eigenvalue weighted by Crippen LogP contribution is -2.37. The van der Waals surface area contributed by atoms with Crippen molar-refractivity contribution in [1.29, 1.82) is 0 Å². The maximum Gasteiger partial charge on any atom is 0.264 e. The standard InChI is InChI=1S/C14H12ClN3O2S/c15-13-11(7-4-8-16-13)17-14(21)18-12(19)9-20-10-5-2-1-3-6-10/h1-8H,9H2,(H2,17,18,19,21). The minimum absolute atomic E-state index is 0.131. The number of halogens is 1. The molecule has 0 fully saturated rings. The molecule has 2 rings (SSSR count). The summed E-state index contributed by atoms with van der Waals surface area (Å²) >= 11 is 10.9. The molecule has 21 heavy (non-hydrogen) atoms. The molecule has 7 heteroatoms. The third-order valence-electron chi connectivity index (χ3n) is 2.37. The number of thiocarbonyl (C=S) groups is 1. The molecule has 0 radical (unpaired) electrons. The van der Waals surface area contributed by atoms with Gasteiger partial charge in [0, 0.05) is 6.20 Å². The van der Waals surface area contributed by atoms with Gasteiger partial charge in [0.25, 0.3) is 5.91 Å². The van der Waals surface area contributed by atoms with Crippen molar-refractivity contribution in [2.24, 2.45) is 0 Å². The summed E-state index contributed by atoms with van der Waals surface area (Å²) in [6.07, 6.45) is 1.56. The lowest BCUT2D eigenvalue weighted by Gasteiger charge is -2.10. The van der Waals surface area contributed by atoms with Crippen molar-refractivity contribution in [2.75, 3.05) is 11.9 Å². The van der Waals surface area contributed by atoms with Crippen LogP contribution in [0.15, 0.2) is 48.7 Å². The maximum absolute atomic E-state index is 11.7. The van der Waals surface area contributed by atoms with Crippen molar-refractivity contribution in [3.05, 3.63) is 53.8 Å². The van der Waals surface area contributed by atoms with Crippen LogP contribution in [0.2, 0.25) is 5.15 Å². The quantitative estimate of drug-likeness (QED) is 0.669. The topological polar surface area (TPSA) is 63.2 Å². The van der Waals surface area contributed by atoms with Crippen LogP contribution < -0.4 is 15.4 Å². The second kappa shape index (κ2) is 7.56. The molecule has 1 aromatic carbocycles.